The fourth-order valence-corrected chi connectivity index (χ4v) is 1.74. The van der Waals surface area contributed by atoms with Gasteiger partial charge in [-0.15, -0.1) is 0 Å². The van der Waals surface area contributed by atoms with Crippen LogP contribution in [0.15, 0.2) is 24.3 Å². The Morgan fingerprint density at radius 3 is 2.65 bits per heavy atom. The summed E-state index contributed by atoms with van der Waals surface area (Å²) in [6.07, 6.45) is 0.691. The predicted octanol–water partition coefficient (Wildman–Crippen LogP) is 2.28. The van der Waals surface area contributed by atoms with Crippen LogP contribution in [0, 0.1) is 5.92 Å². The summed E-state index contributed by atoms with van der Waals surface area (Å²) in [6.45, 7) is 6.08. The largest absolute Gasteiger partial charge is 0.399 e. The SMILES string of the molecule is CC(C)CCN(C)CC(O)c1cccc(N)c1. The van der Waals surface area contributed by atoms with E-state index in [1.807, 2.05) is 31.3 Å². The Kier molecular flexibility index (Phi) is 5.45. The fourth-order valence-electron chi connectivity index (χ4n) is 1.74. The van der Waals surface area contributed by atoms with Gasteiger partial charge in [0.05, 0.1) is 6.10 Å². The second-order valence-electron chi connectivity index (χ2n) is 5.13. The van der Waals surface area contributed by atoms with E-state index < -0.39 is 6.10 Å². The number of aliphatic hydroxyl groups is 1. The maximum absolute atomic E-state index is 10.1. The van der Waals surface area contributed by atoms with Crippen molar-refractivity contribution in [2.75, 3.05) is 25.9 Å². The van der Waals surface area contributed by atoms with Crippen molar-refractivity contribution in [2.24, 2.45) is 5.92 Å². The van der Waals surface area contributed by atoms with Crippen molar-refractivity contribution < 1.29 is 5.11 Å². The summed E-state index contributed by atoms with van der Waals surface area (Å²) in [5.41, 5.74) is 7.29. The van der Waals surface area contributed by atoms with E-state index in [2.05, 4.69) is 18.7 Å². The van der Waals surface area contributed by atoms with Gasteiger partial charge in [0.15, 0.2) is 0 Å². The minimum atomic E-state index is -0.462. The zero-order valence-corrected chi connectivity index (χ0v) is 11.1. The maximum atomic E-state index is 10.1. The van der Waals surface area contributed by atoms with Crippen LogP contribution in [0.4, 0.5) is 5.69 Å². The molecule has 0 radical (unpaired) electrons. The second-order valence-corrected chi connectivity index (χ2v) is 5.13. The average Bonchev–Trinajstić information content (AvgIpc) is 2.26. The van der Waals surface area contributed by atoms with Crippen molar-refractivity contribution in [2.45, 2.75) is 26.4 Å². The van der Waals surface area contributed by atoms with Crippen LogP contribution in [0.5, 0.6) is 0 Å². The average molecular weight is 236 g/mol. The van der Waals surface area contributed by atoms with E-state index in [9.17, 15) is 5.11 Å². The van der Waals surface area contributed by atoms with E-state index in [-0.39, 0.29) is 0 Å². The first kappa shape index (κ1) is 14.0. The van der Waals surface area contributed by atoms with Gasteiger partial charge in [0, 0.05) is 12.2 Å². The third kappa shape index (κ3) is 5.20. The van der Waals surface area contributed by atoms with E-state index in [4.69, 9.17) is 5.73 Å². The van der Waals surface area contributed by atoms with Gasteiger partial charge in [0.25, 0.3) is 0 Å². The smallest absolute Gasteiger partial charge is 0.0917 e. The molecular formula is C14H24N2O. The molecule has 0 amide bonds. The van der Waals surface area contributed by atoms with Crippen LogP contribution in [-0.4, -0.2) is 30.1 Å². The Labute approximate surface area is 104 Å². The van der Waals surface area contributed by atoms with Crippen LogP contribution in [0.3, 0.4) is 0 Å². The number of likely N-dealkylation sites (N-methyl/N-ethyl adjacent to an activating group) is 1. The van der Waals surface area contributed by atoms with Crippen LogP contribution in [0.25, 0.3) is 0 Å². The third-order valence-corrected chi connectivity index (χ3v) is 2.87. The standard InChI is InChI=1S/C14H24N2O/c1-11(2)7-8-16(3)10-14(17)12-5-4-6-13(15)9-12/h4-6,9,11,14,17H,7-8,10,15H2,1-3H3. The third-order valence-electron chi connectivity index (χ3n) is 2.87. The minimum Gasteiger partial charge on any atom is -0.399 e. The number of hydrogen-bond acceptors (Lipinski definition) is 3. The molecule has 1 atom stereocenters. The zero-order valence-electron chi connectivity index (χ0n) is 11.1. The molecule has 0 bridgehead atoms. The quantitative estimate of drug-likeness (QED) is 0.745. The van der Waals surface area contributed by atoms with Crippen LogP contribution in [0.1, 0.15) is 31.9 Å². The summed E-state index contributed by atoms with van der Waals surface area (Å²) < 4.78 is 0. The number of nitrogens with two attached hydrogens (primary N) is 1. The van der Waals surface area contributed by atoms with Crippen molar-refractivity contribution in [3.8, 4) is 0 Å². The Morgan fingerprint density at radius 2 is 2.06 bits per heavy atom. The van der Waals surface area contributed by atoms with Crippen molar-refractivity contribution in [3.63, 3.8) is 0 Å². The van der Waals surface area contributed by atoms with Crippen molar-refractivity contribution in [1.82, 2.24) is 4.90 Å². The first-order valence-corrected chi connectivity index (χ1v) is 6.21. The molecule has 0 spiro atoms. The predicted molar refractivity (Wildman–Crippen MR) is 72.8 cm³/mol. The van der Waals surface area contributed by atoms with Crippen LogP contribution < -0.4 is 5.73 Å². The Morgan fingerprint density at radius 1 is 1.35 bits per heavy atom. The van der Waals surface area contributed by atoms with Gasteiger partial charge in [0.2, 0.25) is 0 Å². The summed E-state index contributed by atoms with van der Waals surface area (Å²) in [4.78, 5) is 2.16. The number of nitrogens with zero attached hydrogens (tertiary/aromatic N) is 1. The molecule has 1 unspecified atom stereocenters. The first-order valence-electron chi connectivity index (χ1n) is 6.21. The molecule has 0 heterocycles. The maximum Gasteiger partial charge on any atom is 0.0917 e. The lowest BCUT2D eigenvalue weighted by Crippen LogP contribution is -2.26. The van der Waals surface area contributed by atoms with Crippen LogP contribution in [-0.2, 0) is 0 Å². The van der Waals surface area contributed by atoms with Crippen LogP contribution >= 0.6 is 0 Å². The summed E-state index contributed by atoms with van der Waals surface area (Å²) in [7, 11) is 2.04. The van der Waals surface area contributed by atoms with Crippen molar-refractivity contribution in [3.05, 3.63) is 29.8 Å². The van der Waals surface area contributed by atoms with Gasteiger partial charge >= 0.3 is 0 Å². The lowest BCUT2D eigenvalue weighted by molar-refractivity contribution is 0.124. The molecule has 1 aromatic carbocycles. The summed E-state index contributed by atoms with van der Waals surface area (Å²) in [6, 6.07) is 7.46. The van der Waals surface area contributed by atoms with E-state index in [1.165, 1.54) is 0 Å². The first-order chi connectivity index (χ1) is 7.99. The highest BCUT2D eigenvalue weighted by Crippen LogP contribution is 2.16. The van der Waals surface area contributed by atoms with Gasteiger partial charge in [-0.3, -0.25) is 0 Å². The molecule has 3 N–H and O–H groups in total. The molecule has 0 aromatic heterocycles. The molecule has 1 rings (SSSR count). The molecule has 0 aliphatic carbocycles. The Hall–Kier alpha value is -1.06. The summed E-state index contributed by atoms with van der Waals surface area (Å²) >= 11 is 0. The number of nitrogen functional groups attached to an aromatic ring is 1. The van der Waals surface area contributed by atoms with E-state index in [0.29, 0.717) is 18.2 Å². The van der Waals surface area contributed by atoms with Gasteiger partial charge in [-0.05, 0) is 43.6 Å². The Balaban J connectivity index is 2.45. The van der Waals surface area contributed by atoms with Crippen molar-refractivity contribution in [1.29, 1.82) is 0 Å². The molecule has 96 valence electrons. The monoisotopic (exact) mass is 236 g/mol. The Bertz CT molecular complexity index is 339. The molecule has 0 fully saturated rings. The van der Waals surface area contributed by atoms with Crippen LogP contribution in [0.2, 0.25) is 0 Å². The number of rotatable bonds is 6. The van der Waals surface area contributed by atoms with Gasteiger partial charge in [-0.25, -0.2) is 0 Å². The highest BCUT2D eigenvalue weighted by Gasteiger charge is 2.11. The molecule has 3 heteroatoms. The van der Waals surface area contributed by atoms with E-state index >= 15 is 0 Å². The highest BCUT2D eigenvalue weighted by atomic mass is 16.3. The number of aliphatic hydroxyl groups excluding tert-OH is 1. The molecule has 1 aromatic rings. The normalized spacial score (nSPS) is 13.3. The van der Waals surface area contributed by atoms with E-state index in [0.717, 1.165) is 18.5 Å². The molecule has 0 aliphatic rings. The lowest BCUT2D eigenvalue weighted by Gasteiger charge is -2.21. The molecule has 0 aliphatic heterocycles. The molecule has 0 saturated heterocycles. The highest BCUT2D eigenvalue weighted by molar-refractivity contribution is 5.41. The number of hydrogen-bond donors (Lipinski definition) is 2. The van der Waals surface area contributed by atoms with Gasteiger partial charge in [-0.2, -0.15) is 0 Å². The number of anilines is 1. The molecule has 0 saturated carbocycles. The lowest BCUT2D eigenvalue weighted by atomic mass is 10.1. The molecule has 17 heavy (non-hydrogen) atoms. The molecule has 3 nitrogen and oxygen atoms in total. The van der Waals surface area contributed by atoms with Gasteiger partial charge < -0.3 is 15.7 Å². The number of benzene rings is 1. The van der Waals surface area contributed by atoms with Crippen molar-refractivity contribution >= 4 is 5.69 Å². The van der Waals surface area contributed by atoms with Gasteiger partial charge in [0.1, 0.15) is 0 Å². The summed E-state index contributed by atoms with van der Waals surface area (Å²) in [5, 5.41) is 10.1. The summed E-state index contributed by atoms with van der Waals surface area (Å²) in [5.74, 6) is 0.696. The fraction of sp³-hybridized carbons (Fsp3) is 0.571. The topological polar surface area (TPSA) is 49.5 Å². The van der Waals surface area contributed by atoms with Gasteiger partial charge in [-0.1, -0.05) is 26.0 Å². The molecular weight excluding hydrogens is 212 g/mol. The zero-order chi connectivity index (χ0) is 12.8. The minimum absolute atomic E-state index is 0.462. The van der Waals surface area contributed by atoms with E-state index in [1.54, 1.807) is 0 Å². The second kappa shape index (κ2) is 6.62.